The number of likely N-dealkylation sites (N-methyl/N-ethyl adjacent to an activating group) is 1. The summed E-state index contributed by atoms with van der Waals surface area (Å²) in [6, 6.07) is 12.2. The van der Waals surface area contributed by atoms with Crippen molar-refractivity contribution in [3.63, 3.8) is 0 Å². The van der Waals surface area contributed by atoms with E-state index in [1.807, 2.05) is 19.0 Å². The molecule has 2 heterocycles. The van der Waals surface area contributed by atoms with Crippen LogP contribution in [0.15, 0.2) is 48.5 Å². The zero-order valence-electron chi connectivity index (χ0n) is 16.6. The Hall–Kier alpha value is -3.59. The van der Waals surface area contributed by atoms with Gasteiger partial charge in [-0.05, 0) is 44.4 Å². The van der Waals surface area contributed by atoms with E-state index in [2.05, 4.69) is 20.4 Å². The van der Waals surface area contributed by atoms with Gasteiger partial charge in [-0.3, -0.25) is 0 Å². The minimum Gasteiger partial charge on any atom is -0.383 e. The summed E-state index contributed by atoms with van der Waals surface area (Å²) in [4.78, 5) is 11.0. The Bertz CT molecular complexity index is 1200. The lowest BCUT2D eigenvalue weighted by atomic mass is 10.1. The topological polar surface area (TPSA) is 84.9 Å². The molecule has 0 radical (unpaired) electrons. The monoisotopic (exact) mass is 409 g/mol. The van der Waals surface area contributed by atoms with Crippen molar-refractivity contribution in [3.05, 3.63) is 60.2 Å². The molecule has 0 spiro atoms. The largest absolute Gasteiger partial charge is 0.383 e. The SMILES string of the molecule is CN(C)CCNc1nc(-c2ccccc2F)c2c(N)n(-c3cccc(F)c3)nc2n1. The highest BCUT2D eigenvalue weighted by Crippen LogP contribution is 2.33. The fourth-order valence-electron chi connectivity index (χ4n) is 3.13. The van der Waals surface area contributed by atoms with Gasteiger partial charge >= 0.3 is 0 Å². The first kappa shape index (κ1) is 19.7. The summed E-state index contributed by atoms with van der Waals surface area (Å²) in [5.41, 5.74) is 7.68. The van der Waals surface area contributed by atoms with Crippen molar-refractivity contribution in [2.75, 3.05) is 38.2 Å². The van der Waals surface area contributed by atoms with Gasteiger partial charge in [-0.15, -0.1) is 5.10 Å². The van der Waals surface area contributed by atoms with Crippen molar-refractivity contribution >= 4 is 22.8 Å². The molecule has 7 nitrogen and oxygen atoms in total. The number of hydrogen-bond acceptors (Lipinski definition) is 6. The van der Waals surface area contributed by atoms with Crippen LogP contribution in [0.2, 0.25) is 0 Å². The third-order valence-corrected chi connectivity index (χ3v) is 4.59. The number of anilines is 2. The van der Waals surface area contributed by atoms with Gasteiger partial charge in [0.05, 0.1) is 16.8 Å². The first-order chi connectivity index (χ1) is 14.4. The van der Waals surface area contributed by atoms with E-state index in [9.17, 15) is 8.78 Å². The number of hydrogen-bond donors (Lipinski definition) is 2. The summed E-state index contributed by atoms with van der Waals surface area (Å²) >= 11 is 0. The Labute approximate surface area is 172 Å². The Morgan fingerprint density at radius 3 is 2.60 bits per heavy atom. The van der Waals surface area contributed by atoms with E-state index in [-0.39, 0.29) is 17.0 Å². The lowest BCUT2D eigenvalue weighted by Crippen LogP contribution is -2.21. The van der Waals surface area contributed by atoms with E-state index in [1.165, 1.54) is 22.9 Å². The molecule has 0 unspecified atom stereocenters. The van der Waals surface area contributed by atoms with E-state index in [4.69, 9.17) is 5.73 Å². The normalized spacial score (nSPS) is 11.4. The van der Waals surface area contributed by atoms with Gasteiger partial charge in [0.25, 0.3) is 0 Å². The second-order valence-electron chi connectivity index (χ2n) is 7.08. The molecule has 0 atom stereocenters. The molecule has 154 valence electrons. The fraction of sp³-hybridized carbons (Fsp3) is 0.190. The molecular weight excluding hydrogens is 388 g/mol. The molecular formula is C21H21F2N7. The maximum absolute atomic E-state index is 14.6. The van der Waals surface area contributed by atoms with Crippen molar-refractivity contribution in [3.8, 4) is 16.9 Å². The second kappa shape index (κ2) is 8.03. The highest BCUT2D eigenvalue weighted by atomic mass is 19.1. The van der Waals surface area contributed by atoms with Crippen LogP contribution in [0, 0.1) is 11.6 Å². The molecule has 0 aliphatic carbocycles. The first-order valence-corrected chi connectivity index (χ1v) is 9.39. The van der Waals surface area contributed by atoms with Crippen LogP contribution in [0.4, 0.5) is 20.5 Å². The maximum Gasteiger partial charge on any atom is 0.225 e. The molecule has 9 heteroatoms. The first-order valence-electron chi connectivity index (χ1n) is 9.39. The third kappa shape index (κ3) is 3.79. The van der Waals surface area contributed by atoms with Crippen molar-refractivity contribution in [1.29, 1.82) is 0 Å². The molecule has 2 aromatic heterocycles. The van der Waals surface area contributed by atoms with Gasteiger partial charge < -0.3 is 16.0 Å². The van der Waals surface area contributed by atoms with Crippen LogP contribution in [0.5, 0.6) is 0 Å². The van der Waals surface area contributed by atoms with Crippen LogP contribution in [0.1, 0.15) is 0 Å². The summed E-state index contributed by atoms with van der Waals surface area (Å²) in [5.74, 6) is -0.340. The number of nitrogen functional groups attached to an aromatic ring is 1. The molecule has 4 rings (SSSR count). The van der Waals surface area contributed by atoms with Crippen molar-refractivity contribution < 1.29 is 8.78 Å². The smallest absolute Gasteiger partial charge is 0.225 e. The number of nitrogens with one attached hydrogen (secondary N) is 1. The highest BCUT2D eigenvalue weighted by molar-refractivity contribution is 5.99. The lowest BCUT2D eigenvalue weighted by molar-refractivity contribution is 0.425. The van der Waals surface area contributed by atoms with E-state index >= 15 is 0 Å². The predicted molar refractivity (Wildman–Crippen MR) is 113 cm³/mol. The van der Waals surface area contributed by atoms with Gasteiger partial charge in [0.1, 0.15) is 17.5 Å². The van der Waals surface area contributed by atoms with Crippen molar-refractivity contribution in [2.24, 2.45) is 0 Å². The molecule has 0 aliphatic rings. The molecule has 2 aromatic carbocycles. The average Bonchev–Trinajstić information content (AvgIpc) is 3.04. The summed E-state index contributed by atoms with van der Waals surface area (Å²) < 4.78 is 29.7. The fourth-order valence-corrected chi connectivity index (χ4v) is 3.13. The van der Waals surface area contributed by atoms with Crippen LogP contribution in [-0.4, -0.2) is 51.8 Å². The number of nitrogens with zero attached hydrogens (tertiary/aromatic N) is 5. The summed E-state index contributed by atoms with van der Waals surface area (Å²) in [6.45, 7) is 1.35. The van der Waals surface area contributed by atoms with Gasteiger partial charge in [0, 0.05) is 18.7 Å². The molecule has 0 aliphatic heterocycles. The van der Waals surface area contributed by atoms with Crippen LogP contribution in [0.25, 0.3) is 28.0 Å². The molecule has 0 saturated heterocycles. The van der Waals surface area contributed by atoms with Gasteiger partial charge in [-0.25, -0.2) is 18.4 Å². The number of aromatic nitrogens is 4. The van der Waals surface area contributed by atoms with E-state index in [0.717, 1.165) is 6.54 Å². The molecule has 0 bridgehead atoms. The Balaban J connectivity index is 1.90. The van der Waals surface area contributed by atoms with Crippen LogP contribution >= 0.6 is 0 Å². The third-order valence-electron chi connectivity index (χ3n) is 4.59. The zero-order valence-corrected chi connectivity index (χ0v) is 16.6. The van der Waals surface area contributed by atoms with E-state index in [0.29, 0.717) is 29.3 Å². The van der Waals surface area contributed by atoms with Crippen LogP contribution in [-0.2, 0) is 0 Å². The molecule has 0 saturated carbocycles. The van der Waals surface area contributed by atoms with Gasteiger partial charge in [-0.2, -0.15) is 4.98 Å². The number of rotatable bonds is 6. The zero-order chi connectivity index (χ0) is 21.3. The quantitative estimate of drug-likeness (QED) is 0.508. The molecule has 3 N–H and O–H groups in total. The average molecular weight is 409 g/mol. The van der Waals surface area contributed by atoms with Crippen molar-refractivity contribution in [1.82, 2.24) is 24.6 Å². The second-order valence-corrected chi connectivity index (χ2v) is 7.08. The number of halogens is 2. The van der Waals surface area contributed by atoms with Crippen LogP contribution in [0.3, 0.4) is 0 Å². The molecule has 30 heavy (non-hydrogen) atoms. The standard InChI is InChI=1S/C21H21F2N7/c1-29(2)11-10-25-21-26-18(15-8-3-4-9-16(15)23)17-19(24)30(28-20(17)27-21)14-7-5-6-13(22)12-14/h3-9,12H,10-11,24H2,1-2H3,(H,25,27,28). The van der Waals surface area contributed by atoms with Crippen LogP contribution < -0.4 is 11.1 Å². The summed E-state index contributed by atoms with van der Waals surface area (Å²) in [5, 5.41) is 7.99. The Morgan fingerprint density at radius 2 is 1.87 bits per heavy atom. The molecule has 4 aromatic rings. The minimum absolute atomic E-state index is 0.202. The van der Waals surface area contributed by atoms with Gasteiger partial charge in [-0.1, -0.05) is 18.2 Å². The van der Waals surface area contributed by atoms with E-state index < -0.39 is 11.6 Å². The van der Waals surface area contributed by atoms with Gasteiger partial charge in [0.15, 0.2) is 5.65 Å². The summed E-state index contributed by atoms with van der Waals surface area (Å²) in [6.07, 6.45) is 0. The number of benzene rings is 2. The Kier molecular flexibility index (Phi) is 5.28. The lowest BCUT2D eigenvalue weighted by Gasteiger charge is -2.11. The highest BCUT2D eigenvalue weighted by Gasteiger charge is 2.21. The summed E-state index contributed by atoms with van der Waals surface area (Å²) in [7, 11) is 3.91. The number of fused-ring (bicyclic) bond motifs is 1. The van der Waals surface area contributed by atoms with E-state index in [1.54, 1.807) is 30.3 Å². The maximum atomic E-state index is 14.6. The van der Waals surface area contributed by atoms with Gasteiger partial charge in [0.2, 0.25) is 5.95 Å². The van der Waals surface area contributed by atoms with Crippen molar-refractivity contribution in [2.45, 2.75) is 0 Å². The molecule has 0 fully saturated rings. The predicted octanol–water partition coefficient (Wildman–Crippen LogP) is 3.32. The minimum atomic E-state index is -0.436. The Morgan fingerprint density at radius 1 is 1.07 bits per heavy atom. The molecule has 0 amide bonds. The number of nitrogens with two attached hydrogens (primary N) is 1.